The molecule has 0 bridgehead atoms. The van der Waals surface area contributed by atoms with Gasteiger partial charge >= 0.3 is 0 Å². The van der Waals surface area contributed by atoms with Gasteiger partial charge in [0.15, 0.2) is 0 Å². The fraction of sp³-hybridized carbons (Fsp3) is 0.538. The van der Waals surface area contributed by atoms with Crippen LogP contribution in [0.5, 0.6) is 5.75 Å². The molecule has 0 aliphatic carbocycles. The summed E-state index contributed by atoms with van der Waals surface area (Å²) in [5, 5.41) is 0. The lowest BCUT2D eigenvalue weighted by molar-refractivity contribution is -0.0213. The van der Waals surface area contributed by atoms with Crippen LogP contribution >= 0.6 is 27.5 Å². The van der Waals surface area contributed by atoms with E-state index in [0.717, 1.165) is 35.2 Å². The Morgan fingerprint density at radius 1 is 1.53 bits per heavy atom. The van der Waals surface area contributed by atoms with Gasteiger partial charge in [-0.3, -0.25) is 0 Å². The van der Waals surface area contributed by atoms with Gasteiger partial charge in [-0.1, -0.05) is 15.9 Å². The zero-order chi connectivity index (χ0) is 12.3. The first kappa shape index (κ1) is 13.2. The summed E-state index contributed by atoms with van der Waals surface area (Å²) in [6.07, 6.45) is 2.29. The van der Waals surface area contributed by atoms with E-state index in [4.69, 9.17) is 21.1 Å². The summed E-state index contributed by atoms with van der Waals surface area (Å²) in [5.74, 6) is 1.87. The molecule has 1 aromatic carbocycles. The fourth-order valence-electron chi connectivity index (χ4n) is 2.21. The van der Waals surface area contributed by atoms with Crippen LogP contribution in [0.1, 0.15) is 24.5 Å². The maximum atomic E-state index is 6.02. The molecule has 0 spiro atoms. The van der Waals surface area contributed by atoms with Crippen LogP contribution in [-0.2, 0) is 4.74 Å². The summed E-state index contributed by atoms with van der Waals surface area (Å²) in [5.41, 5.74) is 1.13. The van der Waals surface area contributed by atoms with Crippen LogP contribution in [0.4, 0.5) is 0 Å². The number of halogens is 2. The molecule has 17 heavy (non-hydrogen) atoms. The number of rotatable bonds is 3. The van der Waals surface area contributed by atoms with Crippen molar-refractivity contribution in [1.29, 1.82) is 0 Å². The SMILES string of the molecule is COc1ccc(Br)c(C2OCCCC2CCl)c1. The molecule has 2 atom stereocenters. The van der Waals surface area contributed by atoms with E-state index < -0.39 is 0 Å². The number of hydrogen-bond acceptors (Lipinski definition) is 2. The maximum Gasteiger partial charge on any atom is 0.119 e. The van der Waals surface area contributed by atoms with E-state index in [1.54, 1.807) is 7.11 Å². The molecule has 2 rings (SSSR count). The first-order valence-corrected chi connectivity index (χ1v) is 7.10. The first-order valence-electron chi connectivity index (χ1n) is 5.77. The molecule has 1 fully saturated rings. The van der Waals surface area contributed by atoms with Crippen molar-refractivity contribution in [1.82, 2.24) is 0 Å². The monoisotopic (exact) mass is 318 g/mol. The van der Waals surface area contributed by atoms with Crippen molar-refractivity contribution >= 4 is 27.5 Å². The third-order valence-corrected chi connectivity index (χ3v) is 4.27. The highest BCUT2D eigenvalue weighted by molar-refractivity contribution is 9.10. The average molecular weight is 320 g/mol. The summed E-state index contributed by atoms with van der Waals surface area (Å²) < 4.78 is 12.2. The number of benzene rings is 1. The highest BCUT2D eigenvalue weighted by atomic mass is 79.9. The zero-order valence-corrected chi connectivity index (χ0v) is 12.1. The lowest BCUT2D eigenvalue weighted by Gasteiger charge is -2.31. The summed E-state index contributed by atoms with van der Waals surface area (Å²) in [4.78, 5) is 0. The Morgan fingerprint density at radius 2 is 2.35 bits per heavy atom. The van der Waals surface area contributed by atoms with Crippen molar-refractivity contribution in [2.45, 2.75) is 18.9 Å². The number of alkyl halides is 1. The number of methoxy groups -OCH3 is 1. The second-order valence-electron chi connectivity index (χ2n) is 4.24. The lowest BCUT2D eigenvalue weighted by atomic mass is 9.91. The van der Waals surface area contributed by atoms with Gasteiger partial charge < -0.3 is 9.47 Å². The Labute approximate surface area is 115 Å². The molecule has 0 radical (unpaired) electrons. The van der Waals surface area contributed by atoms with E-state index in [9.17, 15) is 0 Å². The minimum Gasteiger partial charge on any atom is -0.497 e. The fourth-order valence-corrected chi connectivity index (χ4v) is 3.00. The zero-order valence-electron chi connectivity index (χ0n) is 9.79. The highest BCUT2D eigenvalue weighted by Gasteiger charge is 2.28. The van der Waals surface area contributed by atoms with Gasteiger partial charge in [0.1, 0.15) is 5.75 Å². The standard InChI is InChI=1S/C13H16BrClO2/c1-16-10-4-5-12(14)11(7-10)13-9(8-15)3-2-6-17-13/h4-5,7,9,13H,2-3,6,8H2,1H3. The maximum absolute atomic E-state index is 6.02. The molecule has 0 amide bonds. The Morgan fingerprint density at radius 3 is 3.06 bits per heavy atom. The van der Waals surface area contributed by atoms with Gasteiger partial charge in [0.25, 0.3) is 0 Å². The van der Waals surface area contributed by atoms with Crippen molar-refractivity contribution in [3.8, 4) is 5.75 Å². The molecule has 94 valence electrons. The molecule has 4 heteroatoms. The summed E-state index contributed by atoms with van der Waals surface area (Å²) in [7, 11) is 1.67. The van der Waals surface area contributed by atoms with Crippen molar-refractivity contribution < 1.29 is 9.47 Å². The van der Waals surface area contributed by atoms with E-state index in [1.807, 2.05) is 18.2 Å². The summed E-state index contributed by atoms with van der Waals surface area (Å²) >= 11 is 9.60. The summed E-state index contributed by atoms with van der Waals surface area (Å²) in [6.45, 7) is 0.807. The predicted molar refractivity (Wildman–Crippen MR) is 72.8 cm³/mol. The molecule has 1 aliphatic heterocycles. The van der Waals surface area contributed by atoms with Crippen LogP contribution in [0.2, 0.25) is 0 Å². The van der Waals surface area contributed by atoms with Crippen LogP contribution in [0.3, 0.4) is 0 Å². The van der Waals surface area contributed by atoms with E-state index in [0.29, 0.717) is 11.8 Å². The quantitative estimate of drug-likeness (QED) is 0.779. The Bertz CT molecular complexity index is 384. The smallest absolute Gasteiger partial charge is 0.119 e. The largest absolute Gasteiger partial charge is 0.497 e. The minimum atomic E-state index is 0.0747. The molecule has 2 unspecified atom stereocenters. The predicted octanol–water partition coefficient (Wildman–Crippen LogP) is 4.16. The van der Waals surface area contributed by atoms with Crippen LogP contribution in [0, 0.1) is 5.92 Å². The number of hydrogen-bond donors (Lipinski definition) is 0. The minimum absolute atomic E-state index is 0.0747. The van der Waals surface area contributed by atoms with Gasteiger partial charge in [0, 0.05) is 22.9 Å². The molecule has 0 saturated carbocycles. The molecule has 1 saturated heterocycles. The molecule has 2 nitrogen and oxygen atoms in total. The molecule has 1 aliphatic rings. The molecular formula is C13H16BrClO2. The van der Waals surface area contributed by atoms with Gasteiger partial charge in [-0.2, -0.15) is 0 Å². The van der Waals surface area contributed by atoms with E-state index in [2.05, 4.69) is 15.9 Å². The Hall–Kier alpha value is -0.250. The summed E-state index contributed by atoms with van der Waals surface area (Å²) in [6, 6.07) is 5.96. The second-order valence-corrected chi connectivity index (χ2v) is 5.40. The van der Waals surface area contributed by atoms with Gasteiger partial charge in [-0.25, -0.2) is 0 Å². The Kier molecular flexibility index (Phi) is 4.71. The van der Waals surface area contributed by atoms with E-state index in [1.165, 1.54) is 0 Å². The van der Waals surface area contributed by atoms with Crippen LogP contribution in [-0.4, -0.2) is 19.6 Å². The molecular weight excluding hydrogens is 303 g/mol. The molecule has 0 N–H and O–H groups in total. The number of ether oxygens (including phenoxy) is 2. The van der Waals surface area contributed by atoms with E-state index >= 15 is 0 Å². The van der Waals surface area contributed by atoms with Gasteiger partial charge in [-0.15, -0.1) is 11.6 Å². The topological polar surface area (TPSA) is 18.5 Å². The Balaban J connectivity index is 2.30. The second kappa shape index (κ2) is 6.07. The third-order valence-electron chi connectivity index (χ3n) is 3.15. The lowest BCUT2D eigenvalue weighted by Crippen LogP contribution is -2.24. The molecule has 0 aromatic heterocycles. The van der Waals surface area contributed by atoms with E-state index in [-0.39, 0.29) is 6.10 Å². The van der Waals surface area contributed by atoms with Crippen LogP contribution < -0.4 is 4.74 Å². The van der Waals surface area contributed by atoms with Crippen molar-refractivity contribution in [2.24, 2.45) is 5.92 Å². The van der Waals surface area contributed by atoms with Crippen LogP contribution in [0.25, 0.3) is 0 Å². The van der Waals surface area contributed by atoms with Gasteiger partial charge in [0.05, 0.1) is 13.2 Å². The van der Waals surface area contributed by atoms with Crippen molar-refractivity contribution in [2.75, 3.05) is 19.6 Å². The first-order chi connectivity index (χ1) is 8.26. The molecule has 1 heterocycles. The normalized spacial score (nSPS) is 24.6. The van der Waals surface area contributed by atoms with Gasteiger partial charge in [0.2, 0.25) is 0 Å². The highest BCUT2D eigenvalue weighted by Crippen LogP contribution is 2.39. The van der Waals surface area contributed by atoms with Crippen molar-refractivity contribution in [3.05, 3.63) is 28.2 Å². The third kappa shape index (κ3) is 2.95. The average Bonchev–Trinajstić information content (AvgIpc) is 2.39. The molecule has 1 aromatic rings. The van der Waals surface area contributed by atoms with Crippen molar-refractivity contribution in [3.63, 3.8) is 0 Å². The van der Waals surface area contributed by atoms with Gasteiger partial charge in [-0.05, 0) is 36.6 Å². The van der Waals surface area contributed by atoms with Crippen LogP contribution in [0.15, 0.2) is 22.7 Å².